The molecule has 7 aromatic rings. The number of aromatic amines is 2. The molecule has 8 unspecified atom stereocenters. The highest BCUT2D eigenvalue weighted by molar-refractivity contribution is 6.00. The minimum absolute atomic E-state index is 0.00159. The van der Waals surface area contributed by atoms with Gasteiger partial charge in [-0.15, -0.1) is 0 Å². The molecular formula is C89H98N8O. The summed E-state index contributed by atoms with van der Waals surface area (Å²) in [5, 5.41) is 15.7. The van der Waals surface area contributed by atoms with Gasteiger partial charge in [-0.3, -0.25) is 0 Å². The SMILES string of the molecule is CC(C)(C)c1ccc(-c2c3nc(c(-c4ccc(C(C)(C)C)cc4)c4ccc([nH]4)c(-c4ccc(C(C)(C)C)cc4)c4nc(c(-c5ccc(OC6=CC7CNCC8C=CC=CC8CNCC8C=CC=CC8CNCC8C=CC=CC8CNCCC7C=C6)cc5)c5ccc2[nH]5)C=C4)C=C3)cc1. The third-order valence-corrected chi connectivity index (χ3v) is 21.1. The monoisotopic (exact) mass is 1290 g/mol. The van der Waals surface area contributed by atoms with E-state index in [-0.39, 0.29) is 22.2 Å². The molecule has 4 aliphatic carbocycles. The van der Waals surface area contributed by atoms with Gasteiger partial charge in [0.25, 0.3) is 0 Å². The van der Waals surface area contributed by atoms with Crippen molar-refractivity contribution in [3.63, 3.8) is 0 Å². The van der Waals surface area contributed by atoms with Crippen LogP contribution in [0.25, 0.3) is 90.9 Å². The van der Waals surface area contributed by atoms with Crippen molar-refractivity contribution in [2.24, 2.45) is 47.3 Å². The first-order chi connectivity index (χ1) is 47.4. The number of ether oxygens (including phenoxy) is 1. The number of benzene rings is 4. The van der Waals surface area contributed by atoms with Crippen molar-refractivity contribution in [1.29, 1.82) is 0 Å². The van der Waals surface area contributed by atoms with Gasteiger partial charge in [-0.05, 0) is 188 Å². The maximum Gasteiger partial charge on any atom is 0.127 e. The van der Waals surface area contributed by atoms with E-state index in [4.69, 9.17) is 14.7 Å². The lowest BCUT2D eigenvalue weighted by Crippen LogP contribution is -2.39. The van der Waals surface area contributed by atoms with Crippen LogP contribution in [0, 0.1) is 47.3 Å². The second-order valence-corrected chi connectivity index (χ2v) is 31.1. The first-order valence-corrected chi connectivity index (χ1v) is 36.0. The second kappa shape index (κ2) is 28.5. The number of hydrogen-bond acceptors (Lipinski definition) is 7. The molecule has 3 aromatic heterocycles. The third kappa shape index (κ3) is 14.9. The van der Waals surface area contributed by atoms with E-state index in [1.54, 1.807) is 0 Å². The third-order valence-electron chi connectivity index (χ3n) is 21.1. The van der Waals surface area contributed by atoms with Crippen LogP contribution in [0.2, 0.25) is 0 Å². The first kappa shape index (κ1) is 66.3. The van der Waals surface area contributed by atoms with Crippen molar-refractivity contribution >= 4 is 46.4 Å². The Hall–Kier alpha value is -8.96. The van der Waals surface area contributed by atoms with Crippen LogP contribution in [0.15, 0.2) is 218 Å². The summed E-state index contributed by atoms with van der Waals surface area (Å²) >= 11 is 0. The van der Waals surface area contributed by atoms with Crippen LogP contribution in [0.5, 0.6) is 5.75 Å². The average molecular weight is 1300 g/mol. The van der Waals surface area contributed by atoms with E-state index in [0.29, 0.717) is 41.4 Å². The van der Waals surface area contributed by atoms with Gasteiger partial charge in [-0.25, -0.2) is 9.97 Å². The van der Waals surface area contributed by atoms with Crippen molar-refractivity contribution in [2.75, 3.05) is 52.4 Å². The summed E-state index contributed by atoms with van der Waals surface area (Å²) in [7, 11) is 0. The van der Waals surface area contributed by atoms with E-state index in [0.717, 1.165) is 160 Å². The lowest BCUT2D eigenvalue weighted by molar-refractivity contribution is 0.349. The van der Waals surface area contributed by atoms with E-state index >= 15 is 0 Å². The lowest BCUT2D eigenvalue weighted by atomic mass is 9.84. The molecule has 500 valence electrons. The van der Waals surface area contributed by atoms with Crippen LogP contribution in [0.1, 0.15) is 108 Å². The molecule has 4 aromatic carbocycles. The number of fused-ring (bicyclic) bond motifs is 12. The fourth-order valence-corrected chi connectivity index (χ4v) is 15.2. The van der Waals surface area contributed by atoms with Crippen LogP contribution in [-0.4, -0.2) is 72.3 Å². The van der Waals surface area contributed by atoms with Gasteiger partial charge in [0, 0.05) is 90.1 Å². The summed E-state index contributed by atoms with van der Waals surface area (Å²) in [5.74, 6) is 4.86. The summed E-state index contributed by atoms with van der Waals surface area (Å²) in [6, 6.07) is 44.7. The highest BCUT2D eigenvalue weighted by atomic mass is 16.5. The summed E-state index contributed by atoms with van der Waals surface area (Å²) < 4.78 is 6.93. The molecule has 0 saturated carbocycles. The summed E-state index contributed by atoms with van der Waals surface area (Å²) in [6.07, 6.45) is 44.5. The first-order valence-electron chi connectivity index (χ1n) is 36.0. The second-order valence-electron chi connectivity index (χ2n) is 31.1. The highest BCUT2D eigenvalue weighted by Crippen LogP contribution is 2.41. The van der Waals surface area contributed by atoms with Crippen molar-refractivity contribution in [3.05, 3.63) is 258 Å². The maximum absolute atomic E-state index is 6.93. The Balaban J connectivity index is 0.829. The number of rotatable bonds is 6. The van der Waals surface area contributed by atoms with Crippen LogP contribution >= 0.6 is 0 Å². The molecule has 0 radical (unpaired) electrons. The van der Waals surface area contributed by atoms with Crippen molar-refractivity contribution in [2.45, 2.75) is 85.0 Å². The zero-order valence-corrected chi connectivity index (χ0v) is 58.8. The number of nitrogens with zero attached hydrogens (tertiary/aromatic N) is 2. The summed E-state index contributed by atoms with van der Waals surface area (Å²) in [5.41, 5.74) is 19.5. The molecule has 1 fully saturated rings. The number of hydrogen-bond donors (Lipinski definition) is 6. The van der Waals surface area contributed by atoms with E-state index in [9.17, 15) is 0 Å². The highest BCUT2D eigenvalue weighted by Gasteiger charge is 2.28. The Morgan fingerprint density at radius 1 is 0.316 bits per heavy atom. The molecule has 14 rings (SSSR count). The summed E-state index contributed by atoms with van der Waals surface area (Å²) in [4.78, 5) is 19.3. The van der Waals surface area contributed by atoms with Gasteiger partial charge in [-0.1, -0.05) is 226 Å². The predicted molar refractivity (Wildman–Crippen MR) is 413 cm³/mol. The molecule has 3 aliphatic heterocycles. The number of aromatic nitrogens is 4. The van der Waals surface area contributed by atoms with E-state index < -0.39 is 0 Å². The van der Waals surface area contributed by atoms with Gasteiger partial charge in [0.2, 0.25) is 0 Å². The number of H-pyrrole nitrogens is 2. The quantitative estimate of drug-likeness (QED) is 0.0983. The smallest absolute Gasteiger partial charge is 0.127 e. The topological polar surface area (TPSA) is 115 Å². The van der Waals surface area contributed by atoms with Gasteiger partial charge in [0.05, 0.1) is 22.8 Å². The average Bonchev–Trinajstić information content (AvgIpc) is 1.60. The fraction of sp³-hybridized carbons (Fsp3) is 0.326. The molecule has 7 aliphatic rings. The van der Waals surface area contributed by atoms with Gasteiger partial charge in [0.1, 0.15) is 11.5 Å². The molecular weight excluding hydrogens is 1200 g/mol. The fourth-order valence-electron chi connectivity index (χ4n) is 15.2. The predicted octanol–water partition coefficient (Wildman–Crippen LogP) is 19.1. The molecule has 8 bridgehead atoms. The lowest BCUT2D eigenvalue weighted by Gasteiger charge is -2.30. The normalized spacial score (nSPS) is 22.9. The Labute approximate surface area is 581 Å². The van der Waals surface area contributed by atoms with Crippen molar-refractivity contribution < 1.29 is 4.74 Å². The summed E-state index contributed by atoms with van der Waals surface area (Å²) in [6.45, 7) is 27.9. The van der Waals surface area contributed by atoms with Gasteiger partial charge >= 0.3 is 0 Å². The molecule has 9 heteroatoms. The Kier molecular flexibility index (Phi) is 19.3. The zero-order chi connectivity index (χ0) is 67.5. The minimum Gasteiger partial charge on any atom is -0.458 e. The zero-order valence-electron chi connectivity index (χ0n) is 58.8. The molecule has 1 saturated heterocycles. The molecule has 0 spiro atoms. The van der Waals surface area contributed by atoms with E-state index in [1.165, 1.54) is 16.7 Å². The van der Waals surface area contributed by atoms with Crippen LogP contribution in [-0.2, 0) is 16.2 Å². The van der Waals surface area contributed by atoms with Gasteiger partial charge in [0.15, 0.2) is 0 Å². The largest absolute Gasteiger partial charge is 0.458 e. The van der Waals surface area contributed by atoms with Crippen LogP contribution in [0.3, 0.4) is 0 Å². The molecule has 9 nitrogen and oxygen atoms in total. The van der Waals surface area contributed by atoms with E-state index in [2.05, 4.69) is 330 Å². The van der Waals surface area contributed by atoms with E-state index in [1.807, 2.05) is 0 Å². The molecule has 0 amide bonds. The minimum atomic E-state index is -0.00971. The van der Waals surface area contributed by atoms with Crippen LogP contribution < -0.4 is 26.0 Å². The number of allylic oxidation sites excluding steroid dienone is 8. The number of nitrogens with one attached hydrogen (secondary N) is 6. The van der Waals surface area contributed by atoms with Gasteiger partial charge in [-0.2, -0.15) is 0 Å². The van der Waals surface area contributed by atoms with Gasteiger partial charge < -0.3 is 36.0 Å². The molecule has 98 heavy (non-hydrogen) atoms. The maximum atomic E-state index is 6.93. The Morgan fingerprint density at radius 3 is 0.929 bits per heavy atom. The molecule has 8 atom stereocenters. The van der Waals surface area contributed by atoms with Crippen molar-refractivity contribution in [3.8, 4) is 50.3 Å². The molecule has 6 N–H and O–H groups in total. The van der Waals surface area contributed by atoms with Crippen molar-refractivity contribution in [1.82, 2.24) is 41.2 Å². The molecule has 6 heterocycles. The van der Waals surface area contributed by atoms with Crippen LogP contribution in [0.4, 0.5) is 0 Å². The Morgan fingerprint density at radius 2 is 0.612 bits per heavy atom. The Bertz CT molecular complexity index is 4480. The standard InChI is InChI=1S/C89H98N8O/c1-87(2,3)70-31-22-59(23-32-70)83-75-40-42-77(94-75)84(60-24-33-71(34-25-60)88(4,5)6)79-44-46-81(96-79)86(82-47-45-80(97-82)85(78-43-41-76(83)95-78)61-26-35-72(36-27-61)89(7,8)9)62-29-37-73(38-30-62)98-74-39-28-58-48-49-90-51-63-16-10-11-17-64(63)52-91-53-65-18-12-13-19-66(65)54-92-55-67-20-14-15-21-68(67)56-93-57-69(58)50-74/h10-47,50,58,63-69,90-94,97H,48-49,51-57H2,1-9H3.